The van der Waals surface area contributed by atoms with Gasteiger partial charge in [0.25, 0.3) is 5.91 Å². The summed E-state index contributed by atoms with van der Waals surface area (Å²) in [5, 5.41) is 5.27. The Hall–Kier alpha value is -2.14. The summed E-state index contributed by atoms with van der Waals surface area (Å²) in [5.41, 5.74) is 4.43. The highest BCUT2D eigenvalue weighted by Crippen LogP contribution is 2.30. The fraction of sp³-hybridized carbons (Fsp3) is 0.429. The fourth-order valence-corrected chi connectivity index (χ4v) is 5.23. The summed E-state index contributed by atoms with van der Waals surface area (Å²) < 4.78 is 0. The van der Waals surface area contributed by atoms with Crippen molar-refractivity contribution in [1.82, 2.24) is 10.2 Å². The lowest BCUT2D eigenvalue weighted by atomic mass is 9.96. The lowest BCUT2D eigenvalue weighted by molar-refractivity contribution is -0.126. The number of carbonyl (C=O) groups is 2. The van der Waals surface area contributed by atoms with E-state index < -0.39 is 6.04 Å². The second kappa shape index (κ2) is 7.23. The number of carbonyl (C=O) groups excluding carboxylic acids is 2. The Labute approximate surface area is 158 Å². The molecule has 1 N–H and O–H groups in total. The third-order valence-corrected chi connectivity index (χ3v) is 6.65. The Morgan fingerprint density at radius 2 is 2.08 bits per heavy atom. The van der Waals surface area contributed by atoms with E-state index in [1.165, 1.54) is 35.3 Å². The van der Waals surface area contributed by atoms with Crippen LogP contribution in [0.3, 0.4) is 0 Å². The molecule has 4 rings (SSSR count). The number of hydrogen-bond donors (Lipinski definition) is 1. The molecule has 4 nitrogen and oxygen atoms in total. The Morgan fingerprint density at radius 3 is 2.88 bits per heavy atom. The van der Waals surface area contributed by atoms with E-state index in [9.17, 15) is 9.59 Å². The number of fused-ring (bicyclic) bond motifs is 2. The standard InChI is InChI=1S/C21H24N2O2S/c1-2-18(23-12-14-7-3-4-9-17(14)21(23)25)20(24)22-11-15-13-26-19-10-6-5-8-16(15)19/h3-4,7,9,13,18H,2,5-6,8,10-12H2,1H3,(H,22,24). The van der Waals surface area contributed by atoms with Gasteiger partial charge in [0.2, 0.25) is 5.91 Å². The van der Waals surface area contributed by atoms with Gasteiger partial charge in [0.15, 0.2) is 0 Å². The van der Waals surface area contributed by atoms with Crippen LogP contribution in [0.2, 0.25) is 0 Å². The molecule has 1 atom stereocenters. The van der Waals surface area contributed by atoms with Gasteiger partial charge in [0.05, 0.1) is 0 Å². The molecule has 1 aromatic carbocycles. The molecule has 26 heavy (non-hydrogen) atoms. The van der Waals surface area contributed by atoms with Crippen LogP contribution in [0, 0.1) is 0 Å². The average Bonchev–Trinajstić information content (AvgIpc) is 3.23. The van der Waals surface area contributed by atoms with Gasteiger partial charge in [-0.2, -0.15) is 0 Å². The molecule has 0 saturated carbocycles. The van der Waals surface area contributed by atoms with E-state index in [0.29, 0.717) is 19.5 Å². The molecule has 0 bridgehead atoms. The van der Waals surface area contributed by atoms with Gasteiger partial charge in [-0.3, -0.25) is 9.59 Å². The number of aryl methyl sites for hydroxylation is 1. The van der Waals surface area contributed by atoms with Gasteiger partial charge >= 0.3 is 0 Å². The zero-order valence-corrected chi connectivity index (χ0v) is 15.9. The maximum atomic E-state index is 12.8. The molecular weight excluding hydrogens is 344 g/mol. The monoisotopic (exact) mass is 368 g/mol. The van der Waals surface area contributed by atoms with Crippen LogP contribution >= 0.6 is 11.3 Å². The first-order valence-electron chi connectivity index (χ1n) is 9.43. The molecule has 1 unspecified atom stereocenters. The second-order valence-electron chi connectivity index (χ2n) is 7.10. The summed E-state index contributed by atoms with van der Waals surface area (Å²) >= 11 is 1.82. The molecular formula is C21H24N2O2S. The van der Waals surface area contributed by atoms with Crippen LogP contribution in [0.5, 0.6) is 0 Å². The molecule has 1 aliphatic carbocycles. The van der Waals surface area contributed by atoms with E-state index >= 15 is 0 Å². The van der Waals surface area contributed by atoms with Crippen molar-refractivity contribution in [3.8, 4) is 0 Å². The number of nitrogens with one attached hydrogen (secondary N) is 1. The van der Waals surface area contributed by atoms with Crippen molar-refractivity contribution in [2.24, 2.45) is 0 Å². The number of amides is 2. The first-order valence-corrected chi connectivity index (χ1v) is 10.3. The third kappa shape index (κ3) is 3.05. The Balaban J connectivity index is 1.44. The van der Waals surface area contributed by atoms with E-state index in [-0.39, 0.29) is 11.8 Å². The van der Waals surface area contributed by atoms with Gasteiger partial charge in [0, 0.05) is 23.5 Å². The van der Waals surface area contributed by atoms with Gasteiger partial charge in [-0.1, -0.05) is 25.1 Å². The summed E-state index contributed by atoms with van der Waals surface area (Å²) in [4.78, 5) is 28.7. The molecule has 1 aromatic heterocycles. The predicted octanol–water partition coefficient (Wildman–Crippen LogP) is 3.68. The topological polar surface area (TPSA) is 49.4 Å². The van der Waals surface area contributed by atoms with Crippen molar-refractivity contribution in [1.29, 1.82) is 0 Å². The zero-order valence-electron chi connectivity index (χ0n) is 15.1. The Bertz CT molecular complexity index is 842. The normalized spacial score (nSPS) is 17.0. The lowest BCUT2D eigenvalue weighted by Crippen LogP contribution is -2.46. The van der Waals surface area contributed by atoms with Gasteiger partial charge < -0.3 is 10.2 Å². The first-order chi connectivity index (χ1) is 12.7. The minimum atomic E-state index is -0.413. The highest BCUT2D eigenvalue weighted by atomic mass is 32.1. The summed E-state index contributed by atoms with van der Waals surface area (Å²) in [6.07, 6.45) is 5.43. The highest BCUT2D eigenvalue weighted by Gasteiger charge is 2.35. The van der Waals surface area contributed by atoms with Crippen LogP contribution in [-0.4, -0.2) is 22.8 Å². The minimum absolute atomic E-state index is 0.0319. The fourth-order valence-electron chi connectivity index (χ4n) is 4.09. The van der Waals surface area contributed by atoms with Crippen molar-refractivity contribution in [2.75, 3.05) is 0 Å². The highest BCUT2D eigenvalue weighted by molar-refractivity contribution is 7.10. The van der Waals surface area contributed by atoms with Crippen molar-refractivity contribution >= 4 is 23.2 Å². The van der Waals surface area contributed by atoms with E-state index in [1.807, 2.05) is 42.5 Å². The lowest BCUT2D eigenvalue weighted by Gasteiger charge is -2.26. The van der Waals surface area contributed by atoms with Crippen molar-refractivity contribution in [3.05, 3.63) is 56.8 Å². The maximum Gasteiger partial charge on any atom is 0.255 e. The molecule has 0 fully saturated rings. The smallest absolute Gasteiger partial charge is 0.255 e. The van der Waals surface area contributed by atoms with Gasteiger partial charge in [-0.05, 0) is 60.2 Å². The average molecular weight is 369 g/mol. The van der Waals surface area contributed by atoms with E-state index in [4.69, 9.17) is 0 Å². The number of nitrogens with zero attached hydrogens (tertiary/aromatic N) is 1. The quantitative estimate of drug-likeness (QED) is 0.875. The number of hydrogen-bond acceptors (Lipinski definition) is 3. The van der Waals surface area contributed by atoms with E-state index in [2.05, 4.69) is 10.7 Å². The maximum absolute atomic E-state index is 12.8. The van der Waals surface area contributed by atoms with Crippen LogP contribution in [0.1, 0.15) is 58.1 Å². The molecule has 0 radical (unpaired) electrons. The predicted molar refractivity (Wildman–Crippen MR) is 103 cm³/mol. The van der Waals surface area contributed by atoms with Gasteiger partial charge in [-0.15, -0.1) is 11.3 Å². The van der Waals surface area contributed by atoms with Gasteiger partial charge in [0.1, 0.15) is 6.04 Å². The third-order valence-electron chi connectivity index (χ3n) is 5.52. The molecule has 2 aliphatic rings. The second-order valence-corrected chi connectivity index (χ2v) is 8.07. The molecule has 136 valence electrons. The molecule has 0 saturated heterocycles. The van der Waals surface area contributed by atoms with Crippen molar-refractivity contribution in [2.45, 2.75) is 58.2 Å². The molecule has 2 aromatic rings. The summed E-state index contributed by atoms with van der Waals surface area (Å²) in [5.74, 6) is -0.0834. The van der Waals surface area contributed by atoms with Crippen LogP contribution in [-0.2, 0) is 30.7 Å². The Morgan fingerprint density at radius 1 is 1.27 bits per heavy atom. The molecule has 2 amide bonds. The molecule has 2 heterocycles. The van der Waals surface area contributed by atoms with E-state index in [0.717, 1.165) is 17.5 Å². The van der Waals surface area contributed by atoms with Crippen molar-refractivity contribution in [3.63, 3.8) is 0 Å². The number of benzene rings is 1. The molecule has 1 aliphatic heterocycles. The van der Waals surface area contributed by atoms with Crippen LogP contribution in [0.4, 0.5) is 0 Å². The number of rotatable bonds is 5. The summed E-state index contributed by atoms with van der Waals surface area (Å²) in [7, 11) is 0. The zero-order chi connectivity index (χ0) is 18.1. The van der Waals surface area contributed by atoms with Crippen LogP contribution < -0.4 is 5.32 Å². The van der Waals surface area contributed by atoms with Crippen LogP contribution in [0.15, 0.2) is 29.6 Å². The Kier molecular flexibility index (Phi) is 4.81. The van der Waals surface area contributed by atoms with Gasteiger partial charge in [-0.25, -0.2) is 0 Å². The van der Waals surface area contributed by atoms with Crippen LogP contribution in [0.25, 0.3) is 0 Å². The number of thiophene rings is 1. The largest absolute Gasteiger partial charge is 0.350 e. The minimum Gasteiger partial charge on any atom is -0.350 e. The summed E-state index contributed by atoms with van der Waals surface area (Å²) in [6.45, 7) is 3.05. The summed E-state index contributed by atoms with van der Waals surface area (Å²) in [6, 6.07) is 7.22. The first kappa shape index (κ1) is 17.3. The molecule has 0 spiro atoms. The van der Waals surface area contributed by atoms with E-state index in [1.54, 1.807) is 4.90 Å². The van der Waals surface area contributed by atoms with Crippen molar-refractivity contribution < 1.29 is 9.59 Å². The SMILES string of the molecule is CCC(C(=O)NCc1csc2c1CCCC2)N1Cc2ccccc2C1=O. The molecule has 5 heteroatoms.